The molecule has 0 saturated carbocycles. The fraction of sp³-hybridized carbons (Fsp3) is 0.625. The zero-order valence-corrected chi connectivity index (χ0v) is 9.73. The number of amides is 1. The maximum Gasteiger partial charge on any atom is 0.284 e. The van der Waals surface area contributed by atoms with E-state index in [1.165, 1.54) is 0 Å². The van der Waals surface area contributed by atoms with Gasteiger partial charge in [-0.05, 0) is 18.0 Å². The molecule has 0 atom stereocenters. The van der Waals surface area contributed by atoms with E-state index in [1.54, 1.807) is 11.9 Å². The maximum absolute atomic E-state index is 11.6. The number of aromatic nitrogens is 2. The molecule has 0 saturated heterocycles. The summed E-state index contributed by atoms with van der Waals surface area (Å²) in [5.41, 5.74) is 0. The fourth-order valence-electron chi connectivity index (χ4n) is 0.952. The van der Waals surface area contributed by atoms with Gasteiger partial charge in [-0.25, -0.2) is 0 Å². The van der Waals surface area contributed by atoms with Crippen LogP contribution in [0.15, 0.2) is 0 Å². The molecule has 0 bridgehead atoms. The predicted molar refractivity (Wildman–Crippen MR) is 56.8 cm³/mol. The summed E-state index contributed by atoms with van der Waals surface area (Å²) in [5.74, 6) is -0.108. The average Bonchev–Trinajstić information content (AvgIpc) is 2.60. The molecule has 0 fully saturated rings. The Balaban J connectivity index is 2.56. The number of carbonyl (C=O) groups is 1. The van der Waals surface area contributed by atoms with E-state index >= 15 is 0 Å². The molecule has 78 valence electrons. The van der Waals surface area contributed by atoms with E-state index in [0.717, 1.165) is 30.7 Å². The molecule has 4 nitrogen and oxygen atoms in total. The standard InChI is InChI=1S/C8H12ClN3OS/c1-3-4-5-12(2)7(13)6-10-11-8(9)14-6/h3-5H2,1-2H3. The second-order valence-corrected chi connectivity index (χ2v) is 4.50. The number of hydrogen-bond acceptors (Lipinski definition) is 4. The Bertz CT molecular complexity index is 315. The predicted octanol–water partition coefficient (Wildman–Crippen LogP) is 2.06. The highest BCUT2D eigenvalue weighted by Gasteiger charge is 2.15. The third kappa shape index (κ3) is 2.92. The van der Waals surface area contributed by atoms with Crippen LogP contribution in [0.2, 0.25) is 4.47 Å². The first-order valence-corrected chi connectivity index (χ1v) is 5.59. The highest BCUT2D eigenvalue weighted by molar-refractivity contribution is 7.17. The number of carbonyl (C=O) groups excluding carboxylic acids is 1. The Labute approximate surface area is 91.9 Å². The molecule has 0 spiro atoms. The van der Waals surface area contributed by atoms with Gasteiger partial charge in [0.25, 0.3) is 5.91 Å². The minimum atomic E-state index is -0.108. The molecular formula is C8H12ClN3OS. The van der Waals surface area contributed by atoms with Crippen molar-refractivity contribution in [1.29, 1.82) is 0 Å². The summed E-state index contributed by atoms with van der Waals surface area (Å²) >= 11 is 6.70. The van der Waals surface area contributed by atoms with Crippen LogP contribution in [0, 0.1) is 0 Å². The molecule has 1 rings (SSSR count). The van der Waals surface area contributed by atoms with Crippen molar-refractivity contribution < 1.29 is 4.79 Å². The normalized spacial score (nSPS) is 10.2. The molecule has 14 heavy (non-hydrogen) atoms. The highest BCUT2D eigenvalue weighted by atomic mass is 35.5. The van der Waals surface area contributed by atoms with Crippen molar-refractivity contribution in [2.24, 2.45) is 0 Å². The lowest BCUT2D eigenvalue weighted by Crippen LogP contribution is -2.27. The van der Waals surface area contributed by atoms with Crippen LogP contribution in [0.1, 0.15) is 29.6 Å². The van der Waals surface area contributed by atoms with E-state index in [4.69, 9.17) is 11.6 Å². The third-order valence-electron chi connectivity index (χ3n) is 1.78. The first-order valence-electron chi connectivity index (χ1n) is 4.39. The van der Waals surface area contributed by atoms with Gasteiger partial charge in [0.15, 0.2) is 0 Å². The van der Waals surface area contributed by atoms with E-state index in [9.17, 15) is 4.79 Å². The largest absolute Gasteiger partial charge is 0.340 e. The molecule has 1 aromatic heterocycles. The van der Waals surface area contributed by atoms with Crippen LogP contribution in [0.25, 0.3) is 0 Å². The molecule has 1 heterocycles. The Morgan fingerprint density at radius 1 is 1.57 bits per heavy atom. The third-order valence-corrected chi connectivity index (χ3v) is 2.78. The Kier molecular flexibility index (Phi) is 4.28. The fourth-order valence-corrected chi connectivity index (χ4v) is 1.77. The molecule has 0 aliphatic rings. The van der Waals surface area contributed by atoms with Gasteiger partial charge in [-0.1, -0.05) is 24.7 Å². The Hall–Kier alpha value is -0.680. The van der Waals surface area contributed by atoms with Crippen molar-refractivity contribution in [3.05, 3.63) is 9.47 Å². The summed E-state index contributed by atoms with van der Waals surface area (Å²) in [6.45, 7) is 2.83. The van der Waals surface area contributed by atoms with Crippen LogP contribution in [0.3, 0.4) is 0 Å². The first kappa shape index (κ1) is 11.4. The monoisotopic (exact) mass is 233 g/mol. The Morgan fingerprint density at radius 2 is 2.29 bits per heavy atom. The second kappa shape index (κ2) is 5.26. The number of unbranched alkanes of at least 4 members (excludes halogenated alkanes) is 1. The van der Waals surface area contributed by atoms with Gasteiger partial charge in [0.05, 0.1) is 0 Å². The van der Waals surface area contributed by atoms with Crippen LogP contribution in [0.5, 0.6) is 0 Å². The smallest absolute Gasteiger partial charge is 0.284 e. The molecule has 0 radical (unpaired) electrons. The molecule has 0 unspecified atom stereocenters. The summed E-state index contributed by atoms with van der Waals surface area (Å²) in [6, 6.07) is 0. The number of hydrogen-bond donors (Lipinski definition) is 0. The number of rotatable bonds is 4. The van der Waals surface area contributed by atoms with E-state index in [1.807, 2.05) is 0 Å². The second-order valence-electron chi connectivity index (χ2n) is 2.94. The SMILES string of the molecule is CCCCN(C)C(=O)c1nnc(Cl)s1. The van der Waals surface area contributed by atoms with Crippen LogP contribution >= 0.6 is 22.9 Å². The van der Waals surface area contributed by atoms with Gasteiger partial charge in [-0.2, -0.15) is 0 Å². The molecular weight excluding hydrogens is 222 g/mol. The van der Waals surface area contributed by atoms with Crippen LogP contribution in [-0.2, 0) is 0 Å². The lowest BCUT2D eigenvalue weighted by atomic mass is 10.3. The summed E-state index contributed by atoms with van der Waals surface area (Å²) in [7, 11) is 1.76. The van der Waals surface area contributed by atoms with Crippen molar-refractivity contribution in [2.45, 2.75) is 19.8 Å². The highest BCUT2D eigenvalue weighted by Crippen LogP contribution is 2.16. The molecule has 0 aliphatic carbocycles. The summed E-state index contributed by atoms with van der Waals surface area (Å²) in [4.78, 5) is 13.3. The minimum Gasteiger partial charge on any atom is -0.340 e. The van der Waals surface area contributed by atoms with Gasteiger partial charge in [-0.3, -0.25) is 4.79 Å². The van der Waals surface area contributed by atoms with Crippen LogP contribution in [0.4, 0.5) is 0 Å². The molecule has 1 amide bonds. The van der Waals surface area contributed by atoms with Gasteiger partial charge < -0.3 is 4.90 Å². The quantitative estimate of drug-likeness (QED) is 0.800. The van der Waals surface area contributed by atoms with Crippen LogP contribution < -0.4 is 0 Å². The minimum absolute atomic E-state index is 0.108. The molecule has 0 aliphatic heterocycles. The summed E-state index contributed by atoms with van der Waals surface area (Å²) < 4.78 is 0.303. The molecule has 0 N–H and O–H groups in total. The van der Waals surface area contributed by atoms with Gasteiger partial charge in [0.1, 0.15) is 0 Å². The summed E-state index contributed by atoms with van der Waals surface area (Å²) in [5, 5.41) is 7.63. The van der Waals surface area contributed by atoms with E-state index < -0.39 is 0 Å². The molecule has 6 heteroatoms. The van der Waals surface area contributed by atoms with Crippen LogP contribution in [-0.4, -0.2) is 34.6 Å². The molecule has 1 aromatic rings. The van der Waals surface area contributed by atoms with E-state index in [-0.39, 0.29) is 5.91 Å². The van der Waals surface area contributed by atoms with Crippen molar-refractivity contribution in [2.75, 3.05) is 13.6 Å². The number of halogens is 1. The molecule has 0 aromatic carbocycles. The Morgan fingerprint density at radius 3 is 2.79 bits per heavy atom. The van der Waals surface area contributed by atoms with Crippen molar-refractivity contribution in [1.82, 2.24) is 15.1 Å². The lowest BCUT2D eigenvalue weighted by molar-refractivity contribution is 0.0792. The summed E-state index contributed by atoms with van der Waals surface area (Å²) in [6.07, 6.45) is 2.06. The zero-order chi connectivity index (χ0) is 10.6. The first-order chi connectivity index (χ1) is 6.65. The van der Waals surface area contributed by atoms with Crippen molar-refractivity contribution in [3.63, 3.8) is 0 Å². The average molecular weight is 234 g/mol. The topological polar surface area (TPSA) is 46.1 Å². The van der Waals surface area contributed by atoms with Crippen molar-refractivity contribution >= 4 is 28.8 Å². The lowest BCUT2D eigenvalue weighted by Gasteiger charge is -2.14. The van der Waals surface area contributed by atoms with Gasteiger partial charge in [0.2, 0.25) is 9.47 Å². The van der Waals surface area contributed by atoms with Gasteiger partial charge in [0, 0.05) is 13.6 Å². The number of nitrogens with zero attached hydrogens (tertiary/aromatic N) is 3. The van der Waals surface area contributed by atoms with Gasteiger partial charge in [-0.15, -0.1) is 10.2 Å². The maximum atomic E-state index is 11.6. The van der Waals surface area contributed by atoms with E-state index in [0.29, 0.717) is 9.47 Å². The van der Waals surface area contributed by atoms with Crippen molar-refractivity contribution in [3.8, 4) is 0 Å². The zero-order valence-electron chi connectivity index (χ0n) is 8.16. The van der Waals surface area contributed by atoms with Gasteiger partial charge >= 0.3 is 0 Å². The van der Waals surface area contributed by atoms with E-state index in [2.05, 4.69) is 17.1 Å².